The van der Waals surface area contributed by atoms with Gasteiger partial charge >= 0.3 is 0 Å². The molecule has 0 bridgehead atoms. The average Bonchev–Trinajstić information content (AvgIpc) is 3.18. The molecule has 148 valence electrons. The third-order valence-corrected chi connectivity index (χ3v) is 5.54. The van der Waals surface area contributed by atoms with Gasteiger partial charge in [0, 0.05) is 16.0 Å². The zero-order valence-corrected chi connectivity index (χ0v) is 17.4. The third kappa shape index (κ3) is 4.10. The van der Waals surface area contributed by atoms with Crippen LogP contribution in [-0.4, -0.2) is 22.5 Å². The summed E-state index contributed by atoms with van der Waals surface area (Å²) < 4.78 is 5.73. The van der Waals surface area contributed by atoms with E-state index in [9.17, 15) is 10.1 Å². The molecule has 4 rings (SSSR count). The summed E-state index contributed by atoms with van der Waals surface area (Å²) in [5.41, 5.74) is 3.79. The van der Waals surface area contributed by atoms with Crippen molar-refractivity contribution < 1.29 is 9.53 Å². The molecule has 0 radical (unpaired) electrons. The van der Waals surface area contributed by atoms with Gasteiger partial charge in [-0.3, -0.25) is 4.79 Å². The number of carbonyl (C=O) groups is 1. The van der Waals surface area contributed by atoms with Crippen LogP contribution in [0.5, 0.6) is 5.88 Å². The Morgan fingerprint density at radius 2 is 2.03 bits per heavy atom. The zero-order chi connectivity index (χ0) is 21.1. The van der Waals surface area contributed by atoms with Crippen molar-refractivity contribution in [2.75, 3.05) is 11.9 Å². The number of thiophene rings is 1. The Balaban J connectivity index is 1.57. The van der Waals surface area contributed by atoms with Crippen molar-refractivity contribution in [3.63, 3.8) is 0 Å². The summed E-state index contributed by atoms with van der Waals surface area (Å²) in [5, 5.41) is 15.0. The Bertz CT molecular complexity index is 1280. The highest BCUT2D eigenvalue weighted by Crippen LogP contribution is 2.37. The number of halogens is 1. The quantitative estimate of drug-likeness (QED) is 0.465. The zero-order valence-electron chi connectivity index (χ0n) is 15.8. The van der Waals surface area contributed by atoms with Crippen molar-refractivity contribution >= 4 is 44.7 Å². The molecule has 0 saturated heterocycles. The van der Waals surface area contributed by atoms with E-state index in [1.807, 2.05) is 42.6 Å². The first-order valence-corrected chi connectivity index (χ1v) is 10.2. The molecule has 0 unspecified atom stereocenters. The SMILES string of the molecule is Cc1ccc(-c2csc3ncnc(OCC(=O)Nc4cc(Cl)ccc4C#N)c23)cc1. The molecule has 0 atom stereocenters. The summed E-state index contributed by atoms with van der Waals surface area (Å²) in [7, 11) is 0. The Morgan fingerprint density at radius 1 is 1.23 bits per heavy atom. The number of aryl methyl sites for hydroxylation is 1. The van der Waals surface area contributed by atoms with Gasteiger partial charge < -0.3 is 10.1 Å². The topological polar surface area (TPSA) is 87.9 Å². The van der Waals surface area contributed by atoms with Gasteiger partial charge in [0.15, 0.2) is 6.61 Å². The van der Waals surface area contributed by atoms with Crippen LogP contribution in [-0.2, 0) is 4.79 Å². The van der Waals surface area contributed by atoms with Gasteiger partial charge in [-0.2, -0.15) is 5.26 Å². The molecule has 30 heavy (non-hydrogen) atoms. The van der Waals surface area contributed by atoms with Gasteiger partial charge in [0.1, 0.15) is 17.2 Å². The van der Waals surface area contributed by atoms with Gasteiger partial charge in [-0.05, 0) is 30.7 Å². The molecule has 0 saturated carbocycles. The molecule has 2 aromatic carbocycles. The first-order valence-electron chi connectivity index (χ1n) is 8.96. The fraction of sp³-hybridized carbons (Fsp3) is 0.0909. The summed E-state index contributed by atoms with van der Waals surface area (Å²) >= 11 is 7.45. The Kier molecular flexibility index (Phi) is 5.61. The van der Waals surface area contributed by atoms with Gasteiger partial charge in [0.25, 0.3) is 5.91 Å². The van der Waals surface area contributed by atoms with E-state index in [4.69, 9.17) is 16.3 Å². The molecule has 1 N–H and O–H groups in total. The van der Waals surface area contributed by atoms with E-state index >= 15 is 0 Å². The second kappa shape index (κ2) is 8.49. The Hall–Kier alpha value is -3.47. The molecule has 0 aliphatic heterocycles. The number of carbonyl (C=O) groups excluding carboxylic acids is 1. The average molecular weight is 435 g/mol. The summed E-state index contributed by atoms with van der Waals surface area (Å²) in [6.07, 6.45) is 1.41. The van der Waals surface area contributed by atoms with Crippen LogP contribution in [0.1, 0.15) is 11.1 Å². The van der Waals surface area contributed by atoms with Crippen LogP contribution in [0.2, 0.25) is 5.02 Å². The van der Waals surface area contributed by atoms with E-state index < -0.39 is 5.91 Å². The molecule has 4 aromatic rings. The molecule has 0 fully saturated rings. The number of rotatable bonds is 5. The van der Waals surface area contributed by atoms with Crippen LogP contribution in [0, 0.1) is 18.3 Å². The number of anilines is 1. The predicted molar refractivity (Wildman–Crippen MR) is 118 cm³/mol. The fourth-order valence-electron chi connectivity index (χ4n) is 2.94. The van der Waals surface area contributed by atoms with Crippen LogP contribution >= 0.6 is 22.9 Å². The molecular weight excluding hydrogens is 420 g/mol. The lowest BCUT2D eigenvalue weighted by Crippen LogP contribution is -2.21. The second-order valence-electron chi connectivity index (χ2n) is 6.51. The van der Waals surface area contributed by atoms with Crippen molar-refractivity contribution in [2.24, 2.45) is 0 Å². The smallest absolute Gasteiger partial charge is 0.262 e. The number of amides is 1. The van der Waals surface area contributed by atoms with E-state index in [1.165, 1.54) is 29.3 Å². The summed E-state index contributed by atoms with van der Waals surface area (Å²) in [6.45, 7) is 1.76. The monoisotopic (exact) mass is 434 g/mol. The van der Waals surface area contributed by atoms with Gasteiger partial charge in [-0.1, -0.05) is 41.4 Å². The van der Waals surface area contributed by atoms with Crippen molar-refractivity contribution in [1.82, 2.24) is 9.97 Å². The second-order valence-corrected chi connectivity index (χ2v) is 7.81. The highest BCUT2D eigenvalue weighted by molar-refractivity contribution is 7.17. The first-order chi connectivity index (χ1) is 14.5. The maximum atomic E-state index is 12.4. The van der Waals surface area contributed by atoms with E-state index in [-0.39, 0.29) is 6.61 Å². The number of fused-ring (bicyclic) bond motifs is 1. The molecule has 1 amide bonds. The van der Waals surface area contributed by atoms with Crippen molar-refractivity contribution in [2.45, 2.75) is 6.92 Å². The van der Waals surface area contributed by atoms with Crippen molar-refractivity contribution in [3.8, 4) is 23.1 Å². The summed E-state index contributed by atoms with van der Waals surface area (Å²) in [6, 6.07) is 14.8. The third-order valence-electron chi connectivity index (χ3n) is 4.41. The minimum atomic E-state index is -0.423. The predicted octanol–water partition coefficient (Wildman–Crippen LogP) is 5.21. The largest absolute Gasteiger partial charge is 0.467 e. The number of hydrogen-bond acceptors (Lipinski definition) is 6. The fourth-order valence-corrected chi connectivity index (χ4v) is 4.02. The van der Waals surface area contributed by atoms with Gasteiger partial charge in [0.05, 0.1) is 16.6 Å². The van der Waals surface area contributed by atoms with Gasteiger partial charge in [-0.15, -0.1) is 11.3 Å². The van der Waals surface area contributed by atoms with Gasteiger partial charge in [0.2, 0.25) is 5.88 Å². The standard InChI is InChI=1S/C22H15ClN4O2S/c1-13-2-4-14(5-3-13)17-11-30-22-20(17)21(25-12-26-22)29-10-19(28)27-18-8-16(23)7-6-15(18)9-24/h2-8,11-12H,10H2,1H3,(H,27,28). The minimum Gasteiger partial charge on any atom is -0.467 e. The van der Waals surface area contributed by atoms with Crippen LogP contribution in [0.25, 0.3) is 21.3 Å². The van der Waals surface area contributed by atoms with Crippen LogP contribution in [0.3, 0.4) is 0 Å². The molecule has 2 aromatic heterocycles. The number of nitrogens with zero attached hydrogens (tertiary/aromatic N) is 3. The molecule has 8 heteroatoms. The molecule has 0 spiro atoms. The minimum absolute atomic E-state index is 0.271. The van der Waals surface area contributed by atoms with Crippen LogP contribution in [0.4, 0.5) is 5.69 Å². The normalized spacial score (nSPS) is 10.6. The summed E-state index contributed by atoms with van der Waals surface area (Å²) in [4.78, 5) is 21.7. The maximum absolute atomic E-state index is 12.4. The van der Waals surface area contributed by atoms with E-state index in [0.29, 0.717) is 22.2 Å². The lowest BCUT2D eigenvalue weighted by atomic mass is 10.0. The highest BCUT2D eigenvalue weighted by Gasteiger charge is 2.16. The Morgan fingerprint density at radius 3 is 2.80 bits per heavy atom. The van der Waals surface area contributed by atoms with E-state index in [2.05, 4.69) is 15.3 Å². The number of aromatic nitrogens is 2. The number of hydrogen-bond donors (Lipinski definition) is 1. The number of nitriles is 1. The van der Waals surface area contributed by atoms with Crippen LogP contribution < -0.4 is 10.1 Å². The van der Waals surface area contributed by atoms with E-state index in [0.717, 1.165) is 21.3 Å². The number of benzene rings is 2. The highest BCUT2D eigenvalue weighted by atomic mass is 35.5. The molecule has 0 aliphatic carbocycles. The first kappa shape index (κ1) is 19.8. The molecule has 0 aliphatic rings. The summed E-state index contributed by atoms with van der Waals surface area (Å²) in [5.74, 6) is -0.0915. The molecule has 2 heterocycles. The van der Waals surface area contributed by atoms with Crippen molar-refractivity contribution in [1.29, 1.82) is 5.26 Å². The molecule has 6 nitrogen and oxygen atoms in total. The van der Waals surface area contributed by atoms with E-state index in [1.54, 1.807) is 12.1 Å². The number of ether oxygens (including phenoxy) is 1. The maximum Gasteiger partial charge on any atom is 0.262 e. The molecular formula is C22H15ClN4O2S. The number of nitrogens with one attached hydrogen (secondary N) is 1. The lowest BCUT2D eigenvalue weighted by Gasteiger charge is -2.10. The van der Waals surface area contributed by atoms with Crippen LogP contribution in [0.15, 0.2) is 54.2 Å². The van der Waals surface area contributed by atoms with Crippen molar-refractivity contribution in [3.05, 3.63) is 70.3 Å². The Labute approximate surface area is 181 Å². The lowest BCUT2D eigenvalue weighted by molar-refractivity contribution is -0.118. The van der Waals surface area contributed by atoms with Gasteiger partial charge in [-0.25, -0.2) is 9.97 Å².